The molecular weight excluding hydrogens is 278 g/mol. The van der Waals surface area contributed by atoms with Crippen LogP contribution >= 0.6 is 11.6 Å². The third-order valence-electron chi connectivity index (χ3n) is 3.20. The van der Waals surface area contributed by atoms with E-state index >= 15 is 0 Å². The molecule has 0 fully saturated rings. The molecule has 5 heteroatoms. The van der Waals surface area contributed by atoms with Crippen LogP contribution in [0.3, 0.4) is 0 Å². The molecule has 1 aromatic carbocycles. The van der Waals surface area contributed by atoms with E-state index in [4.69, 9.17) is 21.1 Å². The smallest absolute Gasteiger partial charge is 0.244 e. The number of hydrogen-bond donors (Lipinski definition) is 0. The minimum absolute atomic E-state index is 0.0962. The van der Waals surface area contributed by atoms with Crippen molar-refractivity contribution in [1.29, 1.82) is 0 Å². The van der Waals surface area contributed by atoms with Crippen LogP contribution in [0.2, 0.25) is 0 Å². The lowest BCUT2D eigenvalue weighted by Crippen LogP contribution is -2.45. The number of methoxy groups -OCH3 is 2. The number of aryl methyl sites for hydroxylation is 2. The summed E-state index contributed by atoms with van der Waals surface area (Å²) < 4.78 is 10.5. The second-order valence-corrected chi connectivity index (χ2v) is 4.75. The fourth-order valence-electron chi connectivity index (χ4n) is 2.23. The van der Waals surface area contributed by atoms with Gasteiger partial charge in [-0.05, 0) is 24.5 Å². The summed E-state index contributed by atoms with van der Waals surface area (Å²) in [6.07, 6.45) is 0.338. The Morgan fingerprint density at radius 2 is 2.10 bits per heavy atom. The average Bonchev–Trinajstić information content (AvgIpc) is 2.47. The highest BCUT2D eigenvalue weighted by atomic mass is 35.5. The molecule has 0 saturated carbocycles. The number of carbonyl (C=O) groups is 1. The van der Waals surface area contributed by atoms with Crippen molar-refractivity contribution in [2.24, 2.45) is 0 Å². The topological polar surface area (TPSA) is 38.8 Å². The molecule has 1 aromatic rings. The van der Waals surface area contributed by atoms with Crippen LogP contribution in [0.25, 0.3) is 0 Å². The second-order valence-electron chi connectivity index (χ2n) is 4.48. The van der Waals surface area contributed by atoms with Gasteiger partial charge in [-0.15, -0.1) is 11.6 Å². The van der Waals surface area contributed by atoms with E-state index in [1.807, 2.05) is 25.1 Å². The third-order valence-corrected chi connectivity index (χ3v) is 3.42. The Morgan fingerprint density at radius 1 is 1.40 bits per heavy atom. The zero-order chi connectivity index (χ0) is 15.1. The number of para-hydroxylation sites is 1. The highest BCUT2D eigenvalue weighted by Crippen LogP contribution is 2.28. The predicted octanol–water partition coefficient (Wildman–Crippen LogP) is 2.75. The van der Waals surface area contributed by atoms with E-state index in [9.17, 15) is 4.79 Å². The molecule has 1 amide bonds. The molecule has 0 saturated heterocycles. The standard InChI is InChI=1S/C15H22ClNO3/c1-5-12-8-6-7-11(2)15(12)17(13(18)9-16)14(20-4)10-19-3/h6-8,14H,5,9-10H2,1-4H3. The lowest BCUT2D eigenvalue weighted by molar-refractivity contribution is -0.119. The molecule has 0 spiro atoms. The number of hydrogen-bond acceptors (Lipinski definition) is 3. The lowest BCUT2D eigenvalue weighted by atomic mass is 10.0. The van der Waals surface area contributed by atoms with Gasteiger partial charge in [0.2, 0.25) is 5.91 Å². The number of amides is 1. The van der Waals surface area contributed by atoms with Crippen molar-refractivity contribution in [3.8, 4) is 0 Å². The highest BCUT2D eigenvalue weighted by molar-refractivity contribution is 6.29. The zero-order valence-corrected chi connectivity index (χ0v) is 13.2. The SMILES string of the molecule is CCc1cccc(C)c1N(C(=O)CCl)C(COC)OC. The monoisotopic (exact) mass is 299 g/mol. The summed E-state index contributed by atoms with van der Waals surface area (Å²) in [7, 11) is 3.13. The van der Waals surface area contributed by atoms with Gasteiger partial charge in [-0.2, -0.15) is 0 Å². The summed E-state index contributed by atoms with van der Waals surface area (Å²) in [4.78, 5) is 13.9. The molecule has 0 N–H and O–H groups in total. The van der Waals surface area contributed by atoms with Gasteiger partial charge >= 0.3 is 0 Å². The fraction of sp³-hybridized carbons (Fsp3) is 0.533. The van der Waals surface area contributed by atoms with Gasteiger partial charge in [0, 0.05) is 14.2 Å². The normalized spacial score (nSPS) is 12.2. The molecule has 1 atom stereocenters. The first-order valence-electron chi connectivity index (χ1n) is 6.58. The van der Waals surface area contributed by atoms with Crippen LogP contribution in [0.5, 0.6) is 0 Å². The van der Waals surface area contributed by atoms with Crippen LogP contribution < -0.4 is 4.90 Å². The number of benzene rings is 1. The first kappa shape index (κ1) is 17.0. The van der Waals surface area contributed by atoms with Gasteiger partial charge < -0.3 is 9.47 Å². The van der Waals surface area contributed by atoms with E-state index in [1.54, 1.807) is 19.1 Å². The maximum Gasteiger partial charge on any atom is 0.244 e. The maximum atomic E-state index is 12.3. The van der Waals surface area contributed by atoms with Crippen LogP contribution in [0, 0.1) is 6.92 Å². The minimum Gasteiger partial charge on any atom is -0.380 e. The molecule has 0 aliphatic carbocycles. The van der Waals surface area contributed by atoms with Gasteiger partial charge in [-0.1, -0.05) is 25.1 Å². The largest absolute Gasteiger partial charge is 0.380 e. The molecule has 0 heterocycles. The van der Waals surface area contributed by atoms with Crippen LogP contribution in [-0.2, 0) is 20.7 Å². The van der Waals surface area contributed by atoms with Gasteiger partial charge in [0.05, 0.1) is 12.3 Å². The summed E-state index contributed by atoms with van der Waals surface area (Å²) in [6.45, 7) is 4.32. The van der Waals surface area contributed by atoms with E-state index < -0.39 is 6.23 Å². The summed E-state index contributed by atoms with van der Waals surface area (Å²) >= 11 is 5.76. The number of rotatable bonds is 7. The fourth-order valence-corrected chi connectivity index (χ4v) is 2.36. The Hall–Kier alpha value is -1.10. The molecule has 1 unspecified atom stereocenters. The maximum absolute atomic E-state index is 12.3. The summed E-state index contributed by atoms with van der Waals surface area (Å²) in [5.41, 5.74) is 2.96. The number of nitrogens with zero attached hydrogens (tertiary/aromatic N) is 1. The van der Waals surface area contributed by atoms with Crippen molar-refractivity contribution in [2.75, 3.05) is 31.6 Å². The molecular formula is C15H22ClNO3. The van der Waals surface area contributed by atoms with Crippen molar-refractivity contribution < 1.29 is 14.3 Å². The second kappa shape index (κ2) is 8.25. The van der Waals surface area contributed by atoms with E-state index in [2.05, 4.69) is 6.92 Å². The minimum atomic E-state index is -0.488. The van der Waals surface area contributed by atoms with Gasteiger partial charge in [-0.25, -0.2) is 0 Å². The summed E-state index contributed by atoms with van der Waals surface area (Å²) in [6, 6.07) is 5.97. The Labute approximate surface area is 125 Å². The van der Waals surface area contributed by atoms with E-state index in [1.165, 1.54) is 0 Å². The van der Waals surface area contributed by atoms with Crippen molar-refractivity contribution >= 4 is 23.2 Å². The number of carbonyl (C=O) groups excluding carboxylic acids is 1. The Morgan fingerprint density at radius 3 is 2.60 bits per heavy atom. The average molecular weight is 300 g/mol. The molecule has 0 radical (unpaired) electrons. The van der Waals surface area contributed by atoms with Crippen LogP contribution in [-0.4, -0.2) is 38.8 Å². The van der Waals surface area contributed by atoms with Crippen molar-refractivity contribution in [1.82, 2.24) is 0 Å². The number of ether oxygens (including phenoxy) is 2. The van der Waals surface area contributed by atoms with Crippen molar-refractivity contribution in [3.63, 3.8) is 0 Å². The quantitative estimate of drug-likeness (QED) is 0.574. The van der Waals surface area contributed by atoms with Gasteiger partial charge in [0.15, 0.2) is 6.23 Å². The Bertz CT molecular complexity index is 451. The Balaban J connectivity index is 3.33. The number of alkyl halides is 1. The van der Waals surface area contributed by atoms with Crippen LogP contribution in [0.1, 0.15) is 18.1 Å². The molecule has 4 nitrogen and oxygen atoms in total. The Kier molecular flexibility index (Phi) is 6.99. The molecule has 0 aromatic heterocycles. The molecule has 0 aliphatic rings. The van der Waals surface area contributed by atoms with Gasteiger partial charge in [0.1, 0.15) is 5.88 Å². The zero-order valence-electron chi connectivity index (χ0n) is 12.5. The molecule has 0 aliphatic heterocycles. The van der Waals surface area contributed by atoms with E-state index in [0.717, 1.165) is 23.2 Å². The number of anilines is 1. The highest BCUT2D eigenvalue weighted by Gasteiger charge is 2.27. The summed E-state index contributed by atoms with van der Waals surface area (Å²) in [5.74, 6) is -0.291. The van der Waals surface area contributed by atoms with Crippen molar-refractivity contribution in [2.45, 2.75) is 26.5 Å². The van der Waals surface area contributed by atoms with Gasteiger partial charge in [0.25, 0.3) is 0 Å². The predicted molar refractivity (Wildman–Crippen MR) is 81.4 cm³/mol. The van der Waals surface area contributed by atoms with E-state index in [-0.39, 0.29) is 18.4 Å². The molecule has 0 bridgehead atoms. The first-order valence-corrected chi connectivity index (χ1v) is 7.12. The third kappa shape index (κ3) is 3.72. The van der Waals surface area contributed by atoms with Crippen molar-refractivity contribution in [3.05, 3.63) is 29.3 Å². The van der Waals surface area contributed by atoms with Gasteiger partial charge in [-0.3, -0.25) is 9.69 Å². The molecule has 112 valence electrons. The number of halogens is 1. The summed E-state index contributed by atoms with van der Waals surface area (Å²) in [5, 5.41) is 0. The first-order chi connectivity index (χ1) is 9.60. The van der Waals surface area contributed by atoms with E-state index in [0.29, 0.717) is 0 Å². The molecule has 1 rings (SSSR count). The van der Waals surface area contributed by atoms with Crippen LogP contribution in [0.15, 0.2) is 18.2 Å². The lowest BCUT2D eigenvalue weighted by Gasteiger charge is -2.32. The van der Waals surface area contributed by atoms with Crippen LogP contribution in [0.4, 0.5) is 5.69 Å². The molecule has 20 heavy (non-hydrogen) atoms.